The quantitative estimate of drug-likeness (QED) is 0.562. The van der Waals surface area contributed by atoms with Crippen LogP contribution < -0.4 is 0 Å². The molecular formula is C24H39NO. The van der Waals surface area contributed by atoms with Gasteiger partial charge in [0.25, 0.3) is 0 Å². The van der Waals surface area contributed by atoms with Crippen LogP contribution in [-0.2, 0) is 4.79 Å². The number of carbonyl (C=O) groups excluding carboxylic acids is 1. The summed E-state index contributed by atoms with van der Waals surface area (Å²) in [6.45, 7) is 8.97. The van der Waals surface area contributed by atoms with E-state index in [1.807, 2.05) is 13.8 Å². The largest absolute Gasteiger partial charge is 0.299 e. The molecule has 4 aliphatic carbocycles. The lowest BCUT2D eigenvalue weighted by molar-refractivity contribution is -0.153. The number of hydrogen-bond donors (Lipinski definition) is 0. The molecule has 0 spiro atoms. The molecule has 0 bridgehead atoms. The number of ketones is 1. The summed E-state index contributed by atoms with van der Waals surface area (Å²) < 4.78 is 0. The fraction of sp³-hybridized carbons (Fsp3) is 0.917. The number of hydrogen-bond acceptors (Lipinski definition) is 2. The van der Waals surface area contributed by atoms with Crippen molar-refractivity contribution in [2.75, 3.05) is 0 Å². The second kappa shape index (κ2) is 7.65. The SMILES string of the molecule is CC.CC12CCC3C(CC(=O)C4CCCCC43C)C1CCC2CCC#N. The van der Waals surface area contributed by atoms with E-state index in [1.54, 1.807) is 0 Å². The van der Waals surface area contributed by atoms with Gasteiger partial charge in [-0.1, -0.05) is 40.5 Å². The van der Waals surface area contributed by atoms with Gasteiger partial charge in [0.15, 0.2) is 0 Å². The van der Waals surface area contributed by atoms with Crippen LogP contribution in [0.2, 0.25) is 0 Å². The fourth-order valence-corrected chi connectivity index (χ4v) is 7.92. The number of Topliss-reactive ketones (excluding diaryl/α,β-unsaturated/α-hetero) is 1. The standard InChI is InChI=1S/C22H33NO.C2H6/c1-21-12-10-18-16(17(21)9-8-15(21)6-5-13-23)14-20(24)19-7-3-4-11-22(18,19)2;1-2/h15-19H,3-12,14H2,1-2H3;1-2H3. The molecule has 0 radical (unpaired) electrons. The first-order chi connectivity index (χ1) is 12.5. The van der Waals surface area contributed by atoms with Crippen LogP contribution in [0.25, 0.3) is 0 Å². The Morgan fingerprint density at radius 1 is 1.00 bits per heavy atom. The Bertz CT molecular complexity index is 563. The minimum absolute atomic E-state index is 0.296. The summed E-state index contributed by atoms with van der Waals surface area (Å²) in [7, 11) is 0. The van der Waals surface area contributed by atoms with E-state index in [-0.39, 0.29) is 0 Å². The Hall–Kier alpha value is -0.840. The third kappa shape index (κ3) is 2.94. The molecule has 2 heteroatoms. The summed E-state index contributed by atoms with van der Waals surface area (Å²) >= 11 is 0. The fourth-order valence-electron chi connectivity index (χ4n) is 7.92. The molecule has 146 valence electrons. The highest BCUT2D eigenvalue weighted by Gasteiger charge is 2.61. The topological polar surface area (TPSA) is 40.9 Å². The lowest BCUT2D eigenvalue weighted by Gasteiger charge is -2.59. The summed E-state index contributed by atoms with van der Waals surface area (Å²) in [6.07, 6.45) is 13.0. The van der Waals surface area contributed by atoms with Crippen LogP contribution in [0, 0.1) is 51.8 Å². The van der Waals surface area contributed by atoms with Gasteiger partial charge in [0.2, 0.25) is 0 Å². The van der Waals surface area contributed by atoms with Crippen LogP contribution in [-0.4, -0.2) is 5.78 Å². The molecule has 7 unspecified atom stereocenters. The van der Waals surface area contributed by atoms with Gasteiger partial charge in [-0.3, -0.25) is 4.79 Å². The van der Waals surface area contributed by atoms with E-state index in [9.17, 15) is 4.79 Å². The lowest BCUT2D eigenvalue weighted by Crippen LogP contribution is -2.55. The lowest BCUT2D eigenvalue weighted by atomic mass is 9.44. The third-order valence-electron chi connectivity index (χ3n) is 9.16. The predicted molar refractivity (Wildman–Crippen MR) is 106 cm³/mol. The number of fused-ring (bicyclic) bond motifs is 5. The Labute approximate surface area is 161 Å². The van der Waals surface area contributed by atoms with Crippen LogP contribution in [0.1, 0.15) is 98.3 Å². The van der Waals surface area contributed by atoms with Gasteiger partial charge < -0.3 is 0 Å². The van der Waals surface area contributed by atoms with E-state index >= 15 is 0 Å². The van der Waals surface area contributed by atoms with E-state index in [0.717, 1.165) is 37.0 Å². The van der Waals surface area contributed by atoms with Gasteiger partial charge >= 0.3 is 0 Å². The van der Waals surface area contributed by atoms with Crippen molar-refractivity contribution in [3.05, 3.63) is 0 Å². The number of carbonyl (C=O) groups is 1. The van der Waals surface area contributed by atoms with E-state index < -0.39 is 0 Å². The molecule has 4 saturated carbocycles. The van der Waals surface area contributed by atoms with E-state index in [1.165, 1.54) is 44.9 Å². The molecule has 4 aliphatic rings. The van der Waals surface area contributed by atoms with Gasteiger partial charge in [0.1, 0.15) is 5.78 Å². The van der Waals surface area contributed by atoms with Crippen molar-refractivity contribution in [1.82, 2.24) is 0 Å². The Kier molecular flexibility index (Phi) is 5.86. The minimum atomic E-state index is 0.296. The molecule has 2 nitrogen and oxygen atoms in total. The summed E-state index contributed by atoms with van der Waals surface area (Å²) in [5.74, 6) is 3.85. The normalized spacial score (nSPS) is 46.9. The molecule has 0 heterocycles. The average molecular weight is 358 g/mol. The predicted octanol–water partition coefficient (Wildman–Crippen LogP) is 6.54. The van der Waals surface area contributed by atoms with Gasteiger partial charge in [-0.25, -0.2) is 0 Å². The molecule has 7 atom stereocenters. The summed E-state index contributed by atoms with van der Waals surface area (Å²) in [4.78, 5) is 13.0. The maximum Gasteiger partial charge on any atom is 0.136 e. The maximum absolute atomic E-state index is 13.0. The monoisotopic (exact) mass is 357 g/mol. The van der Waals surface area contributed by atoms with Crippen molar-refractivity contribution in [1.29, 1.82) is 5.26 Å². The number of rotatable bonds is 2. The van der Waals surface area contributed by atoms with Gasteiger partial charge in [0.05, 0.1) is 6.07 Å². The van der Waals surface area contributed by atoms with Crippen LogP contribution in [0.15, 0.2) is 0 Å². The highest BCUT2D eigenvalue weighted by atomic mass is 16.1. The van der Waals surface area contributed by atoms with Crippen LogP contribution in [0.3, 0.4) is 0 Å². The molecule has 0 N–H and O–H groups in total. The first-order valence-corrected chi connectivity index (χ1v) is 11.4. The van der Waals surface area contributed by atoms with Gasteiger partial charge in [-0.2, -0.15) is 5.26 Å². The molecule has 0 aromatic rings. The Balaban J connectivity index is 0.000000948. The molecule has 0 saturated heterocycles. The smallest absolute Gasteiger partial charge is 0.136 e. The summed E-state index contributed by atoms with van der Waals surface area (Å²) in [5.41, 5.74) is 0.695. The molecule has 0 aromatic heterocycles. The molecule has 0 amide bonds. The second-order valence-electron chi connectivity index (χ2n) is 9.87. The minimum Gasteiger partial charge on any atom is -0.299 e. The highest BCUT2D eigenvalue weighted by Crippen LogP contribution is 2.67. The van der Waals surface area contributed by atoms with E-state index in [0.29, 0.717) is 34.9 Å². The van der Waals surface area contributed by atoms with Crippen molar-refractivity contribution in [2.45, 2.75) is 98.3 Å². The number of nitrogens with zero attached hydrogens (tertiary/aromatic N) is 1. The third-order valence-corrected chi connectivity index (χ3v) is 9.16. The van der Waals surface area contributed by atoms with Crippen molar-refractivity contribution >= 4 is 5.78 Å². The van der Waals surface area contributed by atoms with Crippen molar-refractivity contribution < 1.29 is 4.79 Å². The maximum atomic E-state index is 13.0. The van der Waals surface area contributed by atoms with Gasteiger partial charge in [-0.15, -0.1) is 0 Å². The van der Waals surface area contributed by atoms with Gasteiger partial charge in [0, 0.05) is 18.8 Å². The molecule has 26 heavy (non-hydrogen) atoms. The van der Waals surface area contributed by atoms with Crippen molar-refractivity contribution in [2.24, 2.45) is 40.4 Å². The molecule has 4 fully saturated rings. The van der Waals surface area contributed by atoms with Crippen LogP contribution >= 0.6 is 0 Å². The molecule has 0 aromatic carbocycles. The molecular weight excluding hydrogens is 318 g/mol. The van der Waals surface area contributed by atoms with Crippen molar-refractivity contribution in [3.63, 3.8) is 0 Å². The van der Waals surface area contributed by atoms with Crippen LogP contribution in [0.4, 0.5) is 0 Å². The van der Waals surface area contributed by atoms with Crippen LogP contribution in [0.5, 0.6) is 0 Å². The average Bonchev–Trinajstić information content (AvgIpc) is 2.98. The zero-order chi connectivity index (χ0) is 18.9. The first kappa shape index (κ1) is 19.9. The molecule has 4 rings (SSSR count). The van der Waals surface area contributed by atoms with Gasteiger partial charge in [-0.05, 0) is 79.4 Å². The Morgan fingerprint density at radius 3 is 2.46 bits per heavy atom. The van der Waals surface area contributed by atoms with Crippen molar-refractivity contribution in [3.8, 4) is 6.07 Å². The number of nitriles is 1. The zero-order valence-electron chi connectivity index (χ0n) is 17.5. The zero-order valence-corrected chi connectivity index (χ0v) is 17.5. The van der Waals surface area contributed by atoms with E-state index in [4.69, 9.17) is 5.26 Å². The summed E-state index contributed by atoms with van der Waals surface area (Å²) in [6, 6.07) is 2.36. The first-order valence-electron chi connectivity index (χ1n) is 11.4. The van der Waals surface area contributed by atoms with E-state index in [2.05, 4.69) is 19.9 Å². The highest BCUT2D eigenvalue weighted by molar-refractivity contribution is 5.83. The molecule has 0 aliphatic heterocycles. The summed E-state index contributed by atoms with van der Waals surface area (Å²) in [5, 5.41) is 9.00. The Morgan fingerprint density at radius 2 is 1.73 bits per heavy atom. The second-order valence-corrected chi connectivity index (χ2v) is 9.87.